The maximum absolute atomic E-state index is 12.7. The van der Waals surface area contributed by atoms with Crippen LogP contribution in [0.4, 0.5) is 0 Å². The summed E-state index contributed by atoms with van der Waals surface area (Å²) in [7, 11) is 0. The van der Waals surface area contributed by atoms with Gasteiger partial charge < -0.3 is 0 Å². The predicted octanol–water partition coefficient (Wildman–Crippen LogP) is 5.37. The summed E-state index contributed by atoms with van der Waals surface area (Å²) >= 11 is 8.28. The minimum Gasteiger partial charge on any atom is -0.293 e. The van der Waals surface area contributed by atoms with Crippen LogP contribution in [0.3, 0.4) is 0 Å². The first kappa shape index (κ1) is 19.2. The van der Waals surface area contributed by atoms with Crippen molar-refractivity contribution in [3.63, 3.8) is 0 Å². The molecule has 30 heavy (non-hydrogen) atoms. The van der Waals surface area contributed by atoms with E-state index in [2.05, 4.69) is 6.07 Å². The zero-order chi connectivity index (χ0) is 20.7. The number of thiocarbonyl (C=S) groups is 1. The fraction of sp³-hybridized carbons (Fsp3) is 0.0909. The van der Waals surface area contributed by atoms with Crippen molar-refractivity contribution < 1.29 is 4.79 Å². The molecular formula is C22H16N4OS3. The molecule has 5 nitrogen and oxygen atoms in total. The molecule has 2 aromatic heterocycles. The molecule has 148 valence electrons. The Morgan fingerprint density at radius 2 is 1.87 bits per heavy atom. The molecule has 0 spiro atoms. The second kappa shape index (κ2) is 7.79. The smallest absolute Gasteiger partial charge is 0.266 e. The largest absolute Gasteiger partial charge is 0.293 e. The van der Waals surface area contributed by atoms with Gasteiger partial charge in [0, 0.05) is 18.3 Å². The number of carbonyl (C=O) groups is 1. The van der Waals surface area contributed by atoms with E-state index >= 15 is 0 Å². The number of likely N-dealkylation sites (N-methyl/N-ethyl adjacent to an activating group) is 1. The highest BCUT2D eigenvalue weighted by molar-refractivity contribution is 8.26. The quantitative estimate of drug-likeness (QED) is 0.310. The van der Waals surface area contributed by atoms with Gasteiger partial charge in [0.15, 0.2) is 0 Å². The van der Waals surface area contributed by atoms with Gasteiger partial charge in [0.2, 0.25) is 0 Å². The molecule has 2 aromatic carbocycles. The molecule has 0 N–H and O–H groups in total. The minimum atomic E-state index is -0.0600. The Labute approximate surface area is 187 Å². The van der Waals surface area contributed by atoms with Gasteiger partial charge in [-0.1, -0.05) is 54.3 Å². The van der Waals surface area contributed by atoms with Crippen LogP contribution < -0.4 is 0 Å². The number of thioether (sulfide) groups is 1. The van der Waals surface area contributed by atoms with Crippen molar-refractivity contribution in [2.75, 3.05) is 6.54 Å². The van der Waals surface area contributed by atoms with Gasteiger partial charge in [-0.25, -0.2) is 9.67 Å². The number of thiazole rings is 1. The van der Waals surface area contributed by atoms with Crippen molar-refractivity contribution in [2.45, 2.75) is 6.92 Å². The van der Waals surface area contributed by atoms with Crippen LogP contribution in [0.15, 0.2) is 65.7 Å². The predicted molar refractivity (Wildman–Crippen MR) is 128 cm³/mol. The first-order valence-electron chi connectivity index (χ1n) is 9.40. The summed E-state index contributed by atoms with van der Waals surface area (Å²) in [6, 6.07) is 17.9. The maximum atomic E-state index is 12.7. The van der Waals surface area contributed by atoms with Crippen molar-refractivity contribution in [1.82, 2.24) is 19.7 Å². The van der Waals surface area contributed by atoms with Crippen LogP contribution in [0.5, 0.6) is 0 Å². The fourth-order valence-electron chi connectivity index (χ4n) is 3.26. The number of fused-ring (bicyclic) bond motifs is 1. The highest BCUT2D eigenvalue weighted by atomic mass is 32.2. The number of benzene rings is 2. The van der Waals surface area contributed by atoms with E-state index in [1.54, 1.807) is 16.2 Å². The summed E-state index contributed by atoms with van der Waals surface area (Å²) in [6.07, 6.45) is 3.82. The van der Waals surface area contributed by atoms with Gasteiger partial charge in [-0.3, -0.25) is 9.69 Å². The molecule has 1 aliphatic heterocycles. The van der Waals surface area contributed by atoms with Crippen molar-refractivity contribution in [3.05, 3.63) is 71.3 Å². The summed E-state index contributed by atoms with van der Waals surface area (Å²) in [5.41, 5.74) is 3.48. The van der Waals surface area contributed by atoms with Crippen LogP contribution in [0, 0.1) is 0 Å². The first-order chi connectivity index (χ1) is 14.6. The normalized spacial score (nSPS) is 15.6. The molecule has 0 radical (unpaired) electrons. The number of nitrogens with zero attached hydrogens (tertiary/aromatic N) is 4. The summed E-state index contributed by atoms with van der Waals surface area (Å²) in [5, 5.41) is 5.65. The van der Waals surface area contributed by atoms with Crippen LogP contribution in [0.1, 0.15) is 12.5 Å². The number of aromatic nitrogens is 3. The molecule has 4 aromatic rings. The van der Waals surface area contributed by atoms with Crippen molar-refractivity contribution in [3.8, 4) is 16.4 Å². The van der Waals surface area contributed by atoms with Gasteiger partial charge in [-0.15, -0.1) is 11.3 Å². The molecule has 0 bridgehead atoms. The molecule has 1 fully saturated rings. The van der Waals surface area contributed by atoms with E-state index in [0.29, 0.717) is 15.8 Å². The topological polar surface area (TPSA) is 51.0 Å². The average Bonchev–Trinajstić information content (AvgIpc) is 3.44. The SMILES string of the molecule is CCN1C(=O)/C(=C/c2cn(-c3ccccc3)nc2-c2nc3ccccc3s2)SC1=S. The van der Waals surface area contributed by atoms with Crippen LogP contribution in [0.2, 0.25) is 0 Å². The zero-order valence-electron chi connectivity index (χ0n) is 16.0. The number of hydrogen-bond donors (Lipinski definition) is 0. The maximum Gasteiger partial charge on any atom is 0.266 e. The van der Waals surface area contributed by atoms with Crippen LogP contribution in [-0.4, -0.2) is 36.4 Å². The molecule has 1 aliphatic rings. The Balaban J connectivity index is 1.65. The van der Waals surface area contributed by atoms with Crippen LogP contribution >= 0.6 is 35.3 Å². The molecule has 0 unspecified atom stereocenters. The van der Waals surface area contributed by atoms with Gasteiger partial charge in [0.25, 0.3) is 5.91 Å². The molecule has 0 aliphatic carbocycles. The third-order valence-corrected chi connectivity index (χ3v) is 7.16. The average molecular weight is 449 g/mol. The Morgan fingerprint density at radius 3 is 2.60 bits per heavy atom. The number of amides is 1. The lowest BCUT2D eigenvalue weighted by Gasteiger charge is -2.09. The Morgan fingerprint density at radius 1 is 1.10 bits per heavy atom. The van der Waals surface area contributed by atoms with Crippen molar-refractivity contribution >= 4 is 61.8 Å². The Hall–Kier alpha value is -2.81. The van der Waals surface area contributed by atoms with Gasteiger partial charge in [-0.05, 0) is 37.3 Å². The minimum absolute atomic E-state index is 0.0600. The third kappa shape index (κ3) is 3.36. The van der Waals surface area contributed by atoms with E-state index in [1.165, 1.54) is 11.8 Å². The molecule has 8 heteroatoms. The standard InChI is InChI=1S/C22H16N4OS3/c1-2-25-21(27)18(30-22(25)28)12-14-13-26(15-8-4-3-5-9-15)24-19(14)20-23-16-10-6-7-11-17(16)29-20/h3-13H,2H2,1H3/b18-12-. The van der Waals surface area contributed by atoms with Gasteiger partial charge >= 0.3 is 0 Å². The fourth-order valence-corrected chi connectivity index (χ4v) is 5.61. The number of carbonyl (C=O) groups excluding carboxylic acids is 1. The summed E-state index contributed by atoms with van der Waals surface area (Å²) in [6.45, 7) is 2.49. The molecule has 3 heterocycles. The van der Waals surface area contributed by atoms with Crippen LogP contribution in [-0.2, 0) is 4.79 Å². The number of hydrogen-bond acceptors (Lipinski definition) is 6. The third-order valence-electron chi connectivity index (χ3n) is 4.74. The molecule has 0 saturated carbocycles. The monoisotopic (exact) mass is 448 g/mol. The van der Waals surface area contributed by atoms with E-state index < -0.39 is 0 Å². The molecule has 1 amide bonds. The van der Waals surface area contributed by atoms with Crippen molar-refractivity contribution in [2.24, 2.45) is 0 Å². The van der Waals surface area contributed by atoms with Crippen molar-refractivity contribution in [1.29, 1.82) is 0 Å². The second-order valence-electron chi connectivity index (χ2n) is 6.63. The lowest BCUT2D eigenvalue weighted by Crippen LogP contribution is -2.27. The highest BCUT2D eigenvalue weighted by Crippen LogP contribution is 2.36. The second-order valence-corrected chi connectivity index (χ2v) is 9.33. The first-order valence-corrected chi connectivity index (χ1v) is 11.4. The molecular weight excluding hydrogens is 432 g/mol. The lowest BCUT2D eigenvalue weighted by atomic mass is 10.2. The number of rotatable bonds is 4. The summed E-state index contributed by atoms with van der Waals surface area (Å²) in [4.78, 5) is 19.7. The lowest BCUT2D eigenvalue weighted by molar-refractivity contribution is -0.121. The van der Waals surface area contributed by atoms with Gasteiger partial charge in [-0.2, -0.15) is 5.10 Å². The Kier molecular flexibility index (Phi) is 4.98. The van der Waals surface area contributed by atoms with Crippen LogP contribution in [0.25, 0.3) is 32.7 Å². The zero-order valence-corrected chi connectivity index (χ0v) is 18.4. The van der Waals surface area contributed by atoms with E-state index in [9.17, 15) is 4.79 Å². The molecule has 5 rings (SSSR count). The van der Waals surface area contributed by atoms with Gasteiger partial charge in [0.05, 0.1) is 20.8 Å². The van der Waals surface area contributed by atoms with E-state index in [1.807, 2.05) is 72.4 Å². The van der Waals surface area contributed by atoms with E-state index in [-0.39, 0.29) is 5.91 Å². The summed E-state index contributed by atoms with van der Waals surface area (Å²) < 4.78 is 3.52. The molecule has 1 saturated heterocycles. The van der Waals surface area contributed by atoms with E-state index in [4.69, 9.17) is 22.3 Å². The molecule has 0 atom stereocenters. The van der Waals surface area contributed by atoms with Gasteiger partial charge in [0.1, 0.15) is 15.0 Å². The Bertz CT molecular complexity index is 1270. The van der Waals surface area contributed by atoms with E-state index in [0.717, 1.165) is 32.2 Å². The summed E-state index contributed by atoms with van der Waals surface area (Å²) in [5.74, 6) is -0.0600. The number of para-hydroxylation sites is 2. The highest BCUT2D eigenvalue weighted by Gasteiger charge is 2.31.